The number of hydrogen-bond acceptors (Lipinski definition) is 3. The number of nitrogens with zero attached hydrogens (tertiary/aromatic N) is 1. The van der Waals surface area contributed by atoms with Gasteiger partial charge in [-0.25, -0.2) is 0 Å². The summed E-state index contributed by atoms with van der Waals surface area (Å²) in [5, 5.41) is 6.75. The van der Waals surface area contributed by atoms with Gasteiger partial charge in [0.1, 0.15) is 0 Å². The van der Waals surface area contributed by atoms with Crippen molar-refractivity contribution in [2.45, 2.75) is 13.0 Å². The first kappa shape index (κ1) is 11.9. The van der Waals surface area contributed by atoms with Crippen molar-refractivity contribution in [2.75, 3.05) is 19.0 Å². The third-order valence-electron chi connectivity index (χ3n) is 1.73. The van der Waals surface area contributed by atoms with Gasteiger partial charge in [0.25, 0.3) is 0 Å². The molecule has 1 aromatic rings. The number of ether oxygens (including phenoxy) is 1. The van der Waals surface area contributed by atoms with Crippen molar-refractivity contribution in [3.8, 4) is 0 Å². The average molecular weight is 225 g/mol. The van der Waals surface area contributed by atoms with Gasteiger partial charge in [-0.3, -0.25) is 4.98 Å². The molecule has 0 amide bonds. The molecule has 0 saturated carbocycles. The van der Waals surface area contributed by atoms with Gasteiger partial charge in [0.2, 0.25) is 0 Å². The van der Waals surface area contributed by atoms with Crippen LogP contribution >= 0.6 is 12.2 Å². The number of methoxy groups -OCH3 is 1. The molecule has 0 saturated heterocycles. The highest BCUT2D eigenvalue weighted by Crippen LogP contribution is 2.02. The Bertz CT molecular complexity index is 305. The minimum absolute atomic E-state index is 0.192. The van der Waals surface area contributed by atoms with E-state index in [1.807, 2.05) is 19.1 Å². The van der Waals surface area contributed by atoms with E-state index >= 15 is 0 Å². The number of aromatic nitrogens is 1. The summed E-state index contributed by atoms with van der Waals surface area (Å²) in [6.07, 6.45) is 3.42. The van der Waals surface area contributed by atoms with Crippen LogP contribution in [0.1, 0.15) is 6.92 Å². The average Bonchev–Trinajstić information content (AvgIpc) is 2.19. The molecule has 0 aliphatic carbocycles. The van der Waals surface area contributed by atoms with Crippen LogP contribution in [0, 0.1) is 0 Å². The van der Waals surface area contributed by atoms with Crippen LogP contribution in [0.4, 0.5) is 5.69 Å². The van der Waals surface area contributed by atoms with Crippen LogP contribution in [0.25, 0.3) is 0 Å². The number of rotatable bonds is 4. The van der Waals surface area contributed by atoms with E-state index in [9.17, 15) is 0 Å². The summed E-state index contributed by atoms with van der Waals surface area (Å²) in [4.78, 5) is 3.92. The Kier molecular flexibility index (Phi) is 5.00. The molecule has 0 bridgehead atoms. The molecule has 0 unspecified atom stereocenters. The van der Waals surface area contributed by atoms with Crippen molar-refractivity contribution in [3.05, 3.63) is 24.5 Å². The number of anilines is 1. The summed E-state index contributed by atoms with van der Waals surface area (Å²) < 4.78 is 4.99. The zero-order valence-electron chi connectivity index (χ0n) is 8.86. The second-order valence-corrected chi connectivity index (χ2v) is 3.60. The van der Waals surface area contributed by atoms with Crippen molar-refractivity contribution in [2.24, 2.45) is 0 Å². The SMILES string of the molecule is COC[C@H](C)NC(=S)Nc1ccncc1. The lowest BCUT2D eigenvalue weighted by molar-refractivity contribution is 0.179. The summed E-state index contributed by atoms with van der Waals surface area (Å²) in [5.74, 6) is 0. The van der Waals surface area contributed by atoms with E-state index in [-0.39, 0.29) is 6.04 Å². The van der Waals surface area contributed by atoms with Crippen molar-refractivity contribution in [1.29, 1.82) is 0 Å². The second-order valence-electron chi connectivity index (χ2n) is 3.19. The summed E-state index contributed by atoms with van der Waals surface area (Å²) in [7, 11) is 1.66. The first-order valence-electron chi connectivity index (χ1n) is 4.69. The fourth-order valence-corrected chi connectivity index (χ4v) is 1.44. The molecule has 4 nitrogen and oxygen atoms in total. The molecule has 82 valence electrons. The molecule has 2 N–H and O–H groups in total. The zero-order chi connectivity index (χ0) is 11.1. The molecule has 5 heteroatoms. The topological polar surface area (TPSA) is 46.2 Å². The Morgan fingerprint density at radius 2 is 2.20 bits per heavy atom. The van der Waals surface area contributed by atoms with E-state index in [0.29, 0.717) is 11.7 Å². The Morgan fingerprint density at radius 3 is 2.80 bits per heavy atom. The van der Waals surface area contributed by atoms with Crippen LogP contribution in [-0.4, -0.2) is 29.9 Å². The Hall–Kier alpha value is -1.20. The first-order valence-corrected chi connectivity index (χ1v) is 5.09. The number of pyridine rings is 1. The minimum Gasteiger partial charge on any atom is -0.383 e. The van der Waals surface area contributed by atoms with Gasteiger partial charge in [-0.05, 0) is 31.3 Å². The standard InChI is InChI=1S/C10H15N3OS/c1-8(7-14-2)12-10(15)13-9-3-5-11-6-4-9/h3-6,8H,7H2,1-2H3,(H2,11,12,13,15)/t8-/m0/s1. The zero-order valence-corrected chi connectivity index (χ0v) is 9.67. The fraction of sp³-hybridized carbons (Fsp3) is 0.400. The third kappa shape index (κ3) is 4.71. The summed E-state index contributed by atoms with van der Waals surface area (Å²) in [5.41, 5.74) is 0.923. The van der Waals surface area contributed by atoms with Crippen LogP contribution in [0.2, 0.25) is 0 Å². The molecule has 15 heavy (non-hydrogen) atoms. The maximum atomic E-state index is 5.13. The van der Waals surface area contributed by atoms with Crippen molar-refractivity contribution >= 4 is 23.0 Å². The van der Waals surface area contributed by atoms with E-state index in [1.54, 1.807) is 19.5 Å². The predicted molar refractivity (Wildman–Crippen MR) is 64.9 cm³/mol. The highest BCUT2D eigenvalue weighted by atomic mass is 32.1. The van der Waals surface area contributed by atoms with Crippen molar-refractivity contribution in [1.82, 2.24) is 10.3 Å². The van der Waals surface area contributed by atoms with Crippen LogP contribution in [0.3, 0.4) is 0 Å². The van der Waals surface area contributed by atoms with Crippen LogP contribution < -0.4 is 10.6 Å². The first-order chi connectivity index (χ1) is 7.22. The molecule has 0 aliphatic rings. The van der Waals surface area contributed by atoms with E-state index < -0.39 is 0 Å². The summed E-state index contributed by atoms with van der Waals surface area (Å²) >= 11 is 5.13. The van der Waals surface area contributed by atoms with Crippen LogP contribution in [-0.2, 0) is 4.74 Å². The minimum atomic E-state index is 0.192. The molecule has 1 atom stereocenters. The molecule has 1 heterocycles. The second kappa shape index (κ2) is 6.31. The molecule has 0 aromatic carbocycles. The quantitative estimate of drug-likeness (QED) is 0.759. The lowest BCUT2D eigenvalue weighted by atomic mass is 10.4. The normalized spacial score (nSPS) is 11.9. The predicted octanol–water partition coefficient (Wildman–Crippen LogP) is 1.40. The molecule has 1 rings (SSSR count). The summed E-state index contributed by atoms with van der Waals surface area (Å²) in [6.45, 7) is 2.63. The fourth-order valence-electron chi connectivity index (χ4n) is 1.12. The molecule has 0 aliphatic heterocycles. The van der Waals surface area contributed by atoms with Gasteiger partial charge in [0.15, 0.2) is 5.11 Å². The lowest BCUT2D eigenvalue weighted by Crippen LogP contribution is -2.38. The van der Waals surface area contributed by atoms with Crippen LogP contribution in [0.5, 0.6) is 0 Å². The maximum Gasteiger partial charge on any atom is 0.171 e. The molecule has 0 spiro atoms. The molecular formula is C10H15N3OS. The Labute approximate surface area is 95.0 Å². The monoisotopic (exact) mass is 225 g/mol. The summed E-state index contributed by atoms with van der Waals surface area (Å²) in [6, 6.07) is 3.90. The van der Waals surface area contributed by atoms with Gasteiger partial charge < -0.3 is 15.4 Å². The third-order valence-corrected chi connectivity index (χ3v) is 1.95. The van der Waals surface area contributed by atoms with E-state index in [0.717, 1.165) is 5.69 Å². The van der Waals surface area contributed by atoms with Gasteiger partial charge in [-0.15, -0.1) is 0 Å². The smallest absolute Gasteiger partial charge is 0.171 e. The van der Waals surface area contributed by atoms with Gasteiger partial charge in [0.05, 0.1) is 6.61 Å². The number of thiocarbonyl (C=S) groups is 1. The Balaban J connectivity index is 2.36. The highest BCUT2D eigenvalue weighted by Gasteiger charge is 2.02. The maximum absolute atomic E-state index is 5.13. The highest BCUT2D eigenvalue weighted by molar-refractivity contribution is 7.80. The van der Waals surface area contributed by atoms with Crippen molar-refractivity contribution < 1.29 is 4.74 Å². The van der Waals surface area contributed by atoms with Gasteiger partial charge in [0, 0.05) is 31.2 Å². The molecule has 1 aromatic heterocycles. The van der Waals surface area contributed by atoms with E-state index in [4.69, 9.17) is 17.0 Å². The van der Waals surface area contributed by atoms with Gasteiger partial charge in [-0.1, -0.05) is 0 Å². The van der Waals surface area contributed by atoms with Gasteiger partial charge >= 0.3 is 0 Å². The van der Waals surface area contributed by atoms with E-state index in [1.165, 1.54) is 0 Å². The van der Waals surface area contributed by atoms with Crippen LogP contribution in [0.15, 0.2) is 24.5 Å². The lowest BCUT2D eigenvalue weighted by Gasteiger charge is -2.15. The van der Waals surface area contributed by atoms with Crippen molar-refractivity contribution in [3.63, 3.8) is 0 Å². The molecule has 0 fully saturated rings. The number of hydrogen-bond donors (Lipinski definition) is 2. The number of nitrogens with one attached hydrogen (secondary N) is 2. The van der Waals surface area contributed by atoms with Gasteiger partial charge in [-0.2, -0.15) is 0 Å². The Morgan fingerprint density at radius 1 is 1.53 bits per heavy atom. The largest absolute Gasteiger partial charge is 0.383 e. The molecular weight excluding hydrogens is 210 g/mol. The molecule has 0 radical (unpaired) electrons. The van der Waals surface area contributed by atoms with E-state index in [2.05, 4.69) is 15.6 Å².